The largest absolute Gasteiger partial charge is 0.495 e. The zero-order valence-corrected chi connectivity index (χ0v) is 16.3. The minimum Gasteiger partial charge on any atom is -0.495 e. The lowest BCUT2D eigenvalue weighted by Gasteiger charge is -2.18. The highest BCUT2D eigenvalue weighted by molar-refractivity contribution is 7.89. The van der Waals surface area contributed by atoms with Crippen molar-refractivity contribution in [2.24, 2.45) is 0 Å². The first-order valence-corrected chi connectivity index (χ1v) is 9.55. The fourth-order valence-corrected chi connectivity index (χ4v) is 3.50. The molecular formula is C18H20FN3O5S. The summed E-state index contributed by atoms with van der Waals surface area (Å²) in [4.78, 5) is 23.2. The number of sulfonamides is 1. The molecule has 2 aromatic carbocycles. The molecule has 0 saturated heterocycles. The summed E-state index contributed by atoms with van der Waals surface area (Å²) in [6.07, 6.45) is 0. The maximum atomic E-state index is 13.2. The van der Waals surface area contributed by atoms with E-state index in [0.717, 1.165) is 10.4 Å². The van der Waals surface area contributed by atoms with Gasteiger partial charge >= 0.3 is 0 Å². The van der Waals surface area contributed by atoms with Gasteiger partial charge in [0, 0.05) is 25.7 Å². The van der Waals surface area contributed by atoms with Crippen LogP contribution >= 0.6 is 0 Å². The summed E-state index contributed by atoms with van der Waals surface area (Å²) in [5.74, 6) is -1.32. The van der Waals surface area contributed by atoms with Crippen LogP contribution in [0, 0.1) is 5.82 Å². The van der Waals surface area contributed by atoms with Crippen molar-refractivity contribution in [1.82, 2.24) is 4.31 Å². The van der Waals surface area contributed by atoms with Crippen LogP contribution in [0.25, 0.3) is 0 Å². The molecule has 0 aromatic heterocycles. The summed E-state index contributed by atoms with van der Waals surface area (Å²) in [7, 11) is -1.42. The Morgan fingerprint density at radius 1 is 1.14 bits per heavy atom. The second-order valence-corrected chi connectivity index (χ2v) is 7.91. The van der Waals surface area contributed by atoms with Gasteiger partial charge in [0.25, 0.3) is 0 Å². The van der Waals surface area contributed by atoms with Crippen molar-refractivity contribution >= 4 is 33.2 Å². The third kappa shape index (κ3) is 5.27. The number of hydrogen-bond acceptors (Lipinski definition) is 5. The molecule has 10 heteroatoms. The molecule has 0 fully saturated rings. The summed E-state index contributed by atoms with van der Waals surface area (Å²) in [6.45, 7) is 0.837. The molecule has 0 atom stereocenters. The average Bonchev–Trinajstić information content (AvgIpc) is 2.61. The summed E-state index contributed by atoms with van der Waals surface area (Å²) in [6, 6.07) is 9.21. The molecule has 150 valence electrons. The number of nitrogens with zero attached hydrogens (tertiary/aromatic N) is 1. The van der Waals surface area contributed by atoms with Crippen molar-refractivity contribution < 1.29 is 27.1 Å². The number of carbonyl (C=O) groups excluding carboxylic acids is 2. The normalized spacial score (nSPS) is 11.2. The Morgan fingerprint density at radius 2 is 1.86 bits per heavy atom. The number of rotatable bonds is 7. The standard InChI is InChI=1S/C18H20FN3O5S/c1-12(23)20-16-8-7-15(10-17(16)27-3)28(25,26)22(2)11-18(24)21-14-6-4-5-13(19)9-14/h4-10H,11H2,1-3H3,(H,20,23)(H,21,24). The lowest BCUT2D eigenvalue weighted by molar-refractivity contribution is -0.116. The summed E-state index contributed by atoms with van der Waals surface area (Å²) < 4.78 is 44.6. The SMILES string of the molecule is COc1cc(S(=O)(=O)N(C)CC(=O)Nc2cccc(F)c2)ccc1NC(C)=O. The van der Waals surface area contributed by atoms with E-state index in [1.165, 1.54) is 57.5 Å². The van der Waals surface area contributed by atoms with Crippen LogP contribution in [0.2, 0.25) is 0 Å². The average molecular weight is 409 g/mol. The zero-order chi connectivity index (χ0) is 20.9. The molecule has 0 aliphatic rings. The Hall–Kier alpha value is -2.98. The second-order valence-electron chi connectivity index (χ2n) is 5.86. The summed E-state index contributed by atoms with van der Waals surface area (Å²) in [5.41, 5.74) is 0.539. The molecule has 0 unspecified atom stereocenters. The topological polar surface area (TPSA) is 105 Å². The number of amides is 2. The van der Waals surface area contributed by atoms with Crippen LogP contribution in [-0.4, -0.2) is 45.2 Å². The third-order valence-electron chi connectivity index (χ3n) is 3.67. The number of nitrogens with one attached hydrogen (secondary N) is 2. The maximum absolute atomic E-state index is 13.2. The van der Waals surface area contributed by atoms with Crippen molar-refractivity contribution in [2.75, 3.05) is 31.3 Å². The monoisotopic (exact) mass is 409 g/mol. The number of ether oxygens (including phenoxy) is 1. The van der Waals surface area contributed by atoms with Crippen LogP contribution in [0.3, 0.4) is 0 Å². The van der Waals surface area contributed by atoms with Gasteiger partial charge in [0.2, 0.25) is 21.8 Å². The number of methoxy groups -OCH3 is 1. The van der Waals surface area contributed by atoms with E-state index in [4.69, 9.17) is 4.74 Å². The molecular weight excluding hydrogens is 389 g/mol. The summed E-state index contributed by atoms with van der Waals surface area (Å²) in [5, 5.41) is 4.96. The van der Waals surface area contributed by atoms with E-state index in [-0.39, 0.29) is 22.2 Å². The minimum atomic E-state index is -4.01. The molecule has 0 saturated carbocycles. The van der Waals surface area contributed by atoms with E-state index in [1.807, 2.05) is 0 Å². The van der Waals surface area contributed by atoms with Crippen molar-refractivity contribution in [2.45, 2.75) is 11.8 Å². The number of anilines is 2. The van der Waals surface area contributed by atoms with Crippen LogP contribution in [0.5, 0.6) is 5.75 Å². The Bertz CT molecular complexity index is 994. The van der Waals surface area contributed by atoms with Crippen molar-refractivity contribution in [3.05, 3.63) is 48.3 Å². The molecule has 0 spiro atoms. The quantitative estimate of drug-likeness (QED) is 0.728. The predicted octanol–water partition coefficient (Wildman–Crippen LogP) is 2.05. The molecule has 0 radical (unpaired) electrons. The lowest BCUT2D eigenvalue weighted by atomic mass is 10.3. The Kier molecular flexibility index (Phi) is 6.71. The molecule has 0 aliphatic carbocycles. The van der Waals surface area contributed by atoms with Crippen molar-refractivity contribution in [3.8, 4) is 5.75 Å². The smallest absolute Gasteiger partial charge is 0.243 e. The first-order valence-electron chi connectivity index (χ1n) is 8.11. The van der Waals surface area contributed by atoms with E-state index in [9.17, 15) is 22.4 Å². The molecule has 8 nitrogen and oxygen atoms in total. The van der Waals surface area contributed by atoms with Gasteiger partial charge in [0.05, 0.1) is 24.2 Å². The summed E-state index contributed by atoms with van der Waals surface area (Å²) >= 11 is 0. The van der Waals surface area contributed by atoms with E-state index >= 15 is 0 Å². The van der Waals surface area contributed by atoms with Crippen LogP contribution in [0.4, 0.5) is 15.8 Å². The van der Waals surface area contributed by atoms with Crippen LogP contribution in [0.15, 0.2) is 47.4 Å². The van der Waals surface area contributed by atoms with Gasteiger partial charge in [-0.15, -0.1) is 0 Å². The van der Waals surface area contributed by atoms with Gasteiger partial charge < -0.3 is 15.4 Å². The molecule has 2 aromatic rings. The second kappa shape index (κ2) is 8.81. The first kappa shape index (κ1) is 21.3. The number of benzene rings is 2. The minimum absolute atomic E-state index is 0.112. The fraction of sp³-hybridized carbons (Fsp3) is 0.222. The van der Waals surface area contributed by atoms with Crippen molar-refractivity contribution in [3.63, 3.8) is 0 Å². The molecule has 2 N–H and O–H groups in total. The van der Waals surface area contributed by atoms with Gasteiger partial charge in [-0.25, -0.2) is 12.8 Å². The van der Waals surface area contributed by atoms with Gasteiger partial charge in [0.15, 0.2) is 0 Å². The molecule has 0 bridgehead atoms. The highest BCUT2D eigenvalue weighted by atomic mass is 32.2. The van der Waals surface area contributed by atoms with E-state index in [1.54, 1.807) is 0 Å². The van der Waals surface area contributed by atoms with Gasteiger partial charge in [-0.3, -0.25) is 9.59 Å². The number of likely N-dealkylation sites (N-methyl/N-ethyl adjacent to an activating group) is 1. The highest BCUT2D eigenvalue weighted by Gasteiger charge is 2.24. The molecule has 0 aliphatic heterocycles. The van der Waals surface area contributed by atoms with Crippen molar-refractivity contribution in [1.29, 1.82) is 0 Å². The number of halogens is 1. The first-order chi connectivity index (χ1) is 13.1. The Balaban J connectivity index is 2.16. The molecule has 28 heavy (non-hydrogen) atoms. The van der Waals surface area contributed by atoms with Crippen LogP contribution < -0.4 is 15.4 Å². The van der Waals surface area contributed by atoms with Gasteiger partial charge in [-0.2, -0.15) is 4.31 Å². The van der Waals surface area contributed by atoms with Gasteiger partial charge in [0.1, 0.15) is 11.6 Å². The third-order valence-corrected chi connectivity index (χ3v) is 5.47. The molecule has 2 amide bonds. The van der Waals surface area contributed by atoms with Gasteiger partial charge in [-0.1, -0.05) is 6.07 Å². The van der Waals surface area contributed by atoms with E-state index < -0.39 is 28.3 Å². The number of carbonyl (C=O) groups is 2. The highest BCUT2D eigenvalue weighted by Crippen LogP contribution is 2.28. The zero-order valence-electron chi connectivity index (χ0n) is 15.5. The fourth-order valence-electron chi connectivity index (χ4n) is 2.36. The van der Waals surface area contributed by atoms with E-state index in [0.29, 0.717) is 5.69 Å². The van der Waals surface area contributed by atoms with Crippen LogP contribution in [-0.2, 0) is 19.6 Å². The maximum Gasteiger partial charge on any atom is 0.243 e. The molecule has 0 heterocycles. The lowest BCUT2D eigenvalue weighted by Crippen LogP contribution is -2.35. The predicted molar refractivity (Wildman–Crippen MR) is 102 cm³/mol. The Morgan fingerprint density at radius 3 is 2.46 bits per heavy atom. The number of hydrogen-bond donors (Lipinski definition) is 2. The Labute approximate surface area is 162 Å². The van der Waals surface area contributed by atoms with Gasteiger partial charge in [-0.05, 0) is 30.3 Å². The molecule has 2 rings (SSSR count). The van der Waals surface area contributed by atoms with Crippen LogP contribution in [0.1, 0.15) is 6.92 Å². The van der Waals surface area contributed by atoms with E-state index in [2.05, 4.69) is 10.6 Å².